The number of aryl methyl sites for hydroxylation is 1. The van der Waals surface area contributed by atoms with Gasteiger partial charge in [0.05, 0.1) is 5.69 Å². The van der Waals surface area contributed by atoms with Crippen molar-refractivity contribution in [1.29, 1.82) is 0 Å². The zero-order chi connectivity index (χ0) is 13.4. The van der Waals surface area contributed by atoms with Crippen molar-refractivity contribution in [2.24, 2.45) is 0 Å². The molecule has 1 aliphatic carbocycles. The molecule has 3 nitrogen and oxygen atoms in total. The summed E-state index contributed by atoms with van der Waals surface area (Å²) in [7, 11) is 0. The molecule has 100 valence electrons. The SMILES string of the molecule is C=C1c2cc(C)ccc2NC(=O)N1C1CCCCC1. The number of nitrogens with one attached hydrogen (secondary N) is 1. The summed E-state index contributed by atoms with van der Waals surface area (Å²) in [5, 5.41) is 2.99. The highest BCUT2D eigenvalue weighted by Crippen LogP contribution is 2.36. The van der Waals surface area contributed by atoms with Gasteiger partial charge in [0, 0.05) is 17.3 Å². The van der Waals surface area contributed by atoms with Crippen molar-refractivity contribution >= 4 is 17.4 Å². The number of carbonyl (C=O) groups is 1. The van der Waals surface area contributed by atoms with Crippen molar-refractivity contribution in [3.63, 3.8) is 0 Å². The molecule has 1 aliphatic heterocycles. The molecule has 0 atom stereocenters. The molecule has 2 amide bonds. The number of benzene rings is 1. The van der Waals surface area contributed by atoms with E-state index in [2.05, 4.69) is 24.9 Å². The molecule has 1 saturated carbocycles. The van der Waals surface area contributed by atoms with Gasteiger partial charge >= 0.3 is 6.03 Å². The molecule has 1 aromatic rings. The number of anilines is 1. The summed E-state index contributed by atoms with van der Waals surface area (Å²) in [4.78, 5) is 14.2. The van der Waals surface area contributed by atoms with Crippen LogP contribution in [0.4, 0.5) is 10.5 Å². The standard InChI is InChI=1S/C16H20N2O/c1-11-8-9-15-14(10-11)12(2)18(16(19)17-15)13-6-4-3-5-7-13/h8-10,13H,2-7H2,1H3,(H,17,19). The normalized spacial score (nSPS) is 20.2. The summed E-state index contributed by atoms with van der Waals surface area (Å²) >= 11 is 0. The summed E-state index contributed by atoms with van der Waals surface area (Å²) in [5.41, 5.74) is 3.99. The van der Waals surface area contributed by atoms with Crippen molar-refractivity contribution in [2.45, 2.75) is 45.1 Å². The molecule has 3 rings (SSSR count). The van der Waals surface area contributed by atoms with Gasteiger partial charge in [0.25, 0.3) is 0 Å². The fraction of sp³-hybridized carbons (Fsp3) is 0.438. The topological polar surface area (TPSA) is 32.3 Å². The molecule has 2 aliphatic rings. The third kappa shape index (κ3) is 2.14. The van der Waals surface area contributed by atoms with Crippen molar-refractivity contribution in [2.75, 3.05) is 5.32 Å². The summed E-state index contributed by atoms with van der Waals surface area (Å²) in [6.45, 7) is 6.23. The Bertz CT molecular complexity index is 530. The van der Waals surface area contributed by atoms with Crippen molar-refractivity contribution in [1.82, 2.24) is 4.90 Å². The number of hydrogen-bond acceptors (Lipinski definition) is 1. The predicted molar refractivity (Wildman–Crippen MR) is 77.9 cm³/mol. The maximum atomic E-state index is 12.3. The Morgan fingerprint density at radius 3 is 2.74 bits per heavy atom. The third-order valence-electron chi connectivity index (χ3n) is 4.18. The van der Waals surface area contributed by atoms with E-state index >= 15 is 0 Å². The lowest BCUT2D eigenvalue weighted by Gasteiger charge is -2.39. The van der Waals surface area contributed by atoms with Crippen LogP contribution in [0.2, 0.25) is 0 Å². The highest BCUT2D eigenvalue weighted by atomic mass is 16.2. The van der Waals surface area contributed by atoms with Crippen LogP contribution in [0, 0.1) is 6.92 Å². The first-order valence-corrected chi connectivity index (χ1v) is 7.07. The van der Waals surface area contributed by atoms with Gasteiger partial charge in [-0.1, -0.05) is 37.5 Å². The third-order valence-corrected chi connectivity index (χ3v) is 4.18. The van der Waals surface area contributed by atoms with E-state index in [4.69, 9.17) is 0 Å². The zero-order valence-corrected chi connectivity index (χ0v) is 11.4. The summed E-state index contributed by atoms with van der Waals surface area (Å²) in [6.07, 6.45) is 5.89. The van der Waals surface area contributed by atoms with Gasteiger partial charge in [0.15, 0.2) is 0 Å². The lowest BCUT2D eigenvalue weighted by molar-refractivity contribution is 0.202. The molecule has 1 heterocycles. The number of urea groups is 1. The second kappa shape index (κ2) is 4.72. The second-order valence-corrected chi connectivity index (χ2v) is 5.59. The summed E-state index contributed by atoms with van der Waals surface area (Å²) in [6, 6.07) is 6.38. The van der Waals surface area contributed by atoms with Gasteiger partial charge < -0.3 is 5.32 Å². The van der Waals surface area contributed by atoms with E-state index in [9.17, 15) is 4.79 Å². The lowest BCUT2D eigenvalue weighted by Crippen LogP contribution is -2.44. The average Bonchev–Trinajstić information content (AvgIpc) is 2.41. The van der Waals surface area contributed by atoms with E-state index in [-0.39, 0.29) is 6.03 Å². The van der Waals surface area contributed by atoms with Crippen molar-refractivity contribution < 1.29 is 4.79 Å². The number of carbonyl (C=O) groups excluding carboxylic acids is 1. The van der Waals surface area contributed by atoms with Gasteiger partial charge in [-0.25, -0.2) is 4.79 Å². The van der Waals surface area contributed by atoms with Gasteiger partial charge in [-0.3, -0.25) is 4.90 Å². The molecule has 0 bridgehead atoms. The molecule has 19 heavy (non-hydrogen) atoms. The number of rotatable bonds is 1. The monoisotopic (exact) mass is 256 g/mol. The first-order chi connectivity index (χ1) is 9.16. The Morgan fingerprint density at radius 2 is 2.00 bits per heavy atom. The van der Waals surface area contributed by atoms with Gasteiger partial charge in [0.2, 0.25) is 0 Å². The number of fused-ring (bicyclic) bond motifs is 1. The molecule has 1 fully saturated rings. The Labute approximate surface area is 114 Å². The molecule has 0 unspecified atom stereocenters. The fourth-order valence-corrected chi connectivity index (χ4v) is 3.16. The molecule has 0 aromatic heterocycles. The molecule has 1 aromatic carbocycles. The fourth-order valence-electron chi connectivity index (χ4n) is 3.16. The van der Waals surface area contributed by atoms with Gasteiger partial charge in [-0.15, -0.1) is 0 Å². The largest absolute Gasteiger partial charge is 0.326 e. The van der Waals surface area contributed by atoms with Crippen LogP contribution in [0.5, 0.6) is 0 Å². The number of amides is 2. The van der Waals surface area contributed by atoms with E-state index in [1.54, 1.807) is 0 Å². The van der Waals surface area contributed by atoms with Crippen LogP contribution in [-0.2, 0) is 0 Å². The lowest BCUT2D eigenvalue weighted by atomic mass is 9.92. The van der Waals surface area contributed by atoms with E-state index in [1.807, 2.05) is 17.0 Å². The average molecular weight is 256 g/mol. The minimum atomic E-state index is -0.0201. The number of nitrogens with zero attached hydrogens (tertiary/aromatic N) is 1. The van der Waals surface area contributed by atoms with Crippen LogP contribution in [0.3, 0.4) is 0 Å². The van der Waals surface area contributed by atoms with Crippen LogP contribution in [0.15, 0.2) is 24.8 Å². The maximum absolute atomic E-state index is 12.3. The molecular formula is C16H20N2O. The first kappa shape index (κ1) is 12.3. The van der Waals surface area contributed by atoms with E-state index in [0.29, 0.717) is 6.04 Å². The second-order valence-electron chi connectivity index (χ2n) is 5.59. The van der Waals surface area contributed by atoms with E-state index < -0.39 is 0 Å². The van der Waals surface area contributed by atoms with Gasteiger partial charge in [-0.2, -0.15) is 0 Å². The zero-order valence-electron chi connectivity index (χ0n) is 11.4. The molecule has 3 heteroatoms. The highest BCUT2D eigenvalue weighted by Gasteiger charge is 2.32. The van der Waals surface area contributed by atoms with Crippen LogP contribution in [-0.4, -0.2) is 17.0 Å². The number of hydrogen-bond donors (Lipinski definition) is 1. The first-order valence-electron chi connectivity index (χ1n) is 7.07. The maximum Gasteiger partial charge on any atom is 0.326 e. The Morgan fingerprint density at radius 1 is 1.26 bits per heavy atom. The minimum Gasteiger partial charge on any atom is -0.307 e. The molecule has 0 radical (unpaired) electrons. The van der Waals surface area contributed by atoms with Crippen LogP contribution >= 0.6 is 0 Å². The quantitative estimate of drug-likeness (QED) is 0.804. The van der Waals surface area contributed by atoms with Gasteiger partial charge in [0.1, 0.15) is 0 Å². The van der Waals surface area contributed by atoms with Crippen LogP contribution in [0.25, 0.3) is 5.70 Å². The van der Waals surface area contributed by atoms with E-state index in [0.717, 1.165) is 29.8 Å². The molecule has 0 saturated heterocycles. The Balaban J connectivity index is 1.95. The Kier molecular flexibility index (Phi) is 3.05. The van der Waals surface area contributed by atoms with Crippen molar-refractivity contribution in [3.05, 3.63) is 35.9 Å². The molecular weight excluding hydrogens is 236 g/mol. The molecule has 0 spiro atoms. The van der Waals surface area contributed by atoms with Gasteiger partial charge in [-0.05, 0) is 31.9 Å². The van der Waals surface area contributed by atoms with E-state index in [1.165, 1.54) is 24.8 Å². The predicted octanol–water partition coefficient (Wildman–Crippen LogP) is 4.15. The minimum absolute atomic E-state index is 0.0201. The Hall–Kier alpha value is -1.77. The van der Waals surface area contributed by atoms with Crippen LogP contribution in [0.1, 0.15) is 43.2 Å². The van der Waals surface area contributed by atoms with Crippen molar-refractivity contribution in [3.8, 4) is 0 Å². The van der Waals surface area contributed by atoms with Crippen LogP contribution < -0.4 is 5.32 Å². The summed E-state index contributed by atoms with van der Waals surface area (Å²) < 4.78 is 0. The highest BCUT2D eigenvalue weighted by molar-refractivity contribution is 6.02. The molecule has 1 N–H and O–H groups in total. The summed E-state index contributed by atoms with van der Waals surface area (Å²) in [5.74, 6) is 0. The smallest absolute Gasteiger partial charge is 0.307 e.